The molecule has 1 fully saturated rings. The predicted molar refractivity (Wildman–Crippen MR) is 135 cm³/mol. The average Bonchev–Trinajstić information content (AvgIpc) is 2.91. The number of carbonyl (C=O) groups excluding carboxylic acids is 2. The van der Waals surface area contributed by atoms with E-state index in [1.165, 1.54) is 4.68 Å². The Morgan fingerprint density at radius 2 is 1.43 bits per heavy atom. The molecule has 0 aliphatic carbocycles. The number of fused-ring (bicyclic) bond motifs is 1. The first-order chi connectivity index (χ1) is 17.1. The second-order valence-electron chi connectivity index (χ2n) is 8.76. The fourth-order valence-corrected chi connectivity index (χ4v) is 4.52. The second kappa shape index (κ2) is 9.93. The topological polar surface area (TPSA) is 84.3 Å². The lowest BCUT2D eigenvalue weighted by molar-refractivity contribution is -0.121. The van der Waals surface area contributed by atoms with E-state index in [1.807, 2.05) is 66.7 Å². The van der Waals surface area contributed by atoms with E-state index in [-0.39, 0.29) is 35.5 Å². The lowest BCUT2D eigenvalue weighted by Gasteiger charge is -2.31. The lowest BCUT2D eigenvalue weighted by atomic mass is 9.95. The molecule has 5 rings (SSSR count). The summed E-state index contributed by atoms with van der Waals surface area (Å²) >= 11 is 0. The summed E-state index contributed by atoms with van der Waals surface area (Å²) in [5, 5.41) is 8.49. The minimum Gasteiger partial charge on any atom is -0.337 e. The van der Waals surface area contributed by atoms with Crippen LogP contribution < -0.4 is 10.9 Å². The van der Waals surface area contributed by atoms with Crippen LogP contribution in [0.4, 0.5) is 5.69 Å². The summed E-state index contributed by atoms with van der Waals surface area (Å²) in [4.78, 5) is 41.0. The third-order valence-electron chi connectivity index (χ3n) is 6.44. The van der Waals surface area contributed by atoms with Gasteiger partial charge in [0.05, 0.1) is 11.9 Å². The largest absolute Gasteiger partial charge is 0.337 e. The number of likely N-dealkylation sites (tertiary alicyclic amines) is 1. The Hall–Kier alpha value is -4.26. The van der Waals surface area contributed by atoms with Gasteiger partial charge in [-0.2, -0.15) is 5.10 Å². The van der Waals surface area contributed by atoms with Crippen molar-refractivity contribution in [1.82, 2.24) is 14.7 Å². The third-order valence-corrected chi connectivity index (χ3v) is 6.44. The molecule has 4 aromatic rings. The van der Waals surface area contributed by atoms with Gasteiger partial charge in [0, 0.05) is 30.1 Å². The number of aromatic nitrogens is 2. The maximum absolute atomic E-state index is 13.5. The molecule has 0 spiro atoms. The zero-order valence-electron chi connectivity index (χ0n) is 19.3. The van der Waals surface area contributed by atoms with Crippen molar-refractivity contribution in [2.45, 2.75) is 19.4 Å². The summed E-state index contributed by atoms with van der Waals surface area (Å²) in [5.41, 5.74) is 1.74. The number of para-hydroxylation sites is 1. The normalized spacial score (nSPS) is 14.1. The standard InChI is InChI=1S/C28H26N4O3/c33-26(29-22-11-5-2-6-12-22)21-15-17-31(18-16-21)28(35)25-23-13-7-8-14-24(23)27(34)32(30-25)19-20-9-3-1-4-10-20/h1-14,21H,15-19H2,(H,29,33). The first-order valence-corrected chi connectivity index (χ1v) is 11.8. The van der Waals surface area contributed by atoms with Gasteiger partial charge in [-0.1, -0.05) is 66.7 Å². The minimum atomic E-state index is -0.225. The Morgan fingerprint density at radius 1 is 0.829 bits per heavy atom. The molecule has 1 saturated heterocycles. The van der Waals surface area contributed by atoms with Crippen LogP contribution in [0, 0.1) is 5.92 Å². The van der Waals surface area contributed by atoms with Gasteiger partial charge < -0.3 is 10.2 Å². The van der Waals surface area contributed by atoms with Crippen molar-refractivity contribution in [2.75, 3.05) is 18.4 Å². The number of hydrogen-bond donors (Lipinski definition) is 1. The van der Waals surface area contributed by atoms with Gasteiger partial charge >= 0.3 is 0 Å². The summed E-state index contributed by atoms with van der Waals surface area (Å²) in [6, 6.07) is 26.1. The van der Waals surface area contributed by atoms with Gasteiger partial charge in [-0.15, -0.1) is 0 Å². The van der Waals surface area contributed by atoms with Crippen molar-refractivity contribution in [3.63, 3.8) is 0 Å². The van der Waals surface area contributed by atoms with Crippen LogP contribution in [-0.4, -0.2) is 39.6 Å². The molecule has 1 N–H and O–H groups in total. The molecule has 2 amide bonds. The molecule has 7 nitrogen and oxygen atoms in total. The summed E-state index contributed by atoms with van der Waals surface area (Å²) in [7, 11) is 0. The number of anilines is 1. The Labute approximate surface area is 203 Å². The average molecular weight is 467 g/mol. The van der Waals surface area contributed by atoms with Crippen molar-refractivity contribution >= 4 is 28.3 Å². The Morgan fingerprint density at radius 3 is 2.11 bits per heavy atom. The summed E-state index contributed by atoms with van der Waals surface area (Å²) < 4.78 is 1.37. The number of nitrogens with one attached hydrogen (secondary N) is 1. The lowest BCUT2D eigenvalue weighted by Crippen LogP contribution is -2.42. The molecule has 2 heterocycles. The van der Waals surface area contributed by atoms with Crippen molar-refractivity contribution < 1.29 is 9.59 Å². The molecule has 0 unspecified atom stereocenters. The first-order valence-electron chi connectivity index (χ1n) is 11.8. The predicted octanol–water partition coefficient (Wildman–Crippen LogP) is 3.94. The third kappa shape index (κ3) is 4.84. The Balaban J connectivity index is 1.36. The maximum atomic E-state index is 13.5. The zero-order chi connectivity index (χ0) is 24.2. The van der Waals surface area contributed by atoms with E-state index >= 15 is 0 Å². The van der Waals surface area contributed by atoms with E-state index in [1.54, 1.807) is 23.1 Å². The molecule has 1 aliphatic rings. The molecule has 0 saturated carbocycles. The quantitative estimate of drug-likeness (QED) is 0.483. The van der Waals surface area contributed by atoms with Gasteiger partial charge in [0.15, 0.2) is 5.69 Å². The SMILES string of the molecule is O=C(Nc1ccccc1)C1CCN(C(=O)c2nn(Cc3ccccc3)c(=O)c3ccccc23)CC1. The molecule has 7 heteroatoms. The Bertz CT molecular complexity index is 1410. The number of piperidine rings is 1. The number of hydrogen-bond acceptors (Lipinski definition) is 4. The summed E-state index contributed by atoms with van der Waals surface area (Å²) in [6.07, 6.45) is 1.15. The molecule has 0 radical (unpaired) electrons. The van der Waals surface area contributed by atoms with Crippen LogP contribution in [0.1, 0.15) is 28.9 Å². The highest BCUT2D eigenvalue weighted by Gasteiger charge is 2.30. The van der Waals surface area contributed by atoms with Gasteiger partial charge in [-0.25, -0.2) is 4.68 Å². The highest BCUT2D eigenvalue weighted by Crippen LogP contribution is 2.23. The van der Waals surface area contributed by atoms with Crippen molar-refractivity contribution in [3.8, 4) is 0 Å². The molecule has 0 atom stereocenters. The van der Waals surface area contributed by atoms with Gasteiger partial charge in [0.1, 0.15) is 0 Å². The minimum absolute atomic E-state index is 0.0247. The highest BCUT2D eigenvalue weighted by atomic mass is 16.2. The number of nitrogens with zero attached hydrogens (tertiary/aromatic N) is 3. The fraction of sp³-hybridized carbons (Fsp3) is 0.214. The smallest absolute Gasteiger partial charge is 0.274 e. The van der Waals surface area contributed by atoms with Crippen molar-refractivity contribution in [2.24, 2.45) is 5.92 Å². The molecule has 35 heavy (non-hydrogen) atoms. The van der Waals surface area contributed by atoms with Crippen molar-refractivity contribution in [1.29, 1.82) is 0 Å². The summed E-state index contributed by atoms with van der Waals surface area (Å²) in [5.74, 6) is -0.399. The molecule has 0 bridgehead atoms. The van der Waals surface area contributed by atoms with Gasteiger partial charge in [0.2, 0.25) is 5.91 Å². The van der Waals surface area contributed by atoms with Gasteiger partial charge in [-0.05, 0) is 36.6 Å². The zero-order valence-corrected chi connectivity index (χ0v) is 19.3. The van der Waals surface area contributed by atoms with E-state index in [2.05, 4.69) is 10.4 Å². The molecule has 1 aliphatic heterocycles. The van der Waals surface area contributed by atoms with Crippen LogP contribution in [-0.2, 0) is 11.3 Å². The fourth-order valence-electron chi connectivity index (χ4n) is 4.52. The Kier molecular flexibility index (Phi) is 6.39. The highest BCUT2D eigenvalue weighted by molar-refractivity contribution is 6.05. The van der Waals surface area contributed by atoms with Crippen molar-refractivity contribution in [3.05, 3.63) is 107 Å². The molecule has 176 valence electrons. The van der Waals surface area contributed by atoms with Crippen LogP contribution in [0.3, 0.4) is 0 Å². The monoisotopic (exact) mass is 466 g/mol. The van der Waals surface area contributed by atoms with E-state index in [0.29, 0.717) is 36.7 Å². The molecular weight excluding hydrogens is 440 g/mol. The first kappa shape index (κ1) is 22.5. The number of amides is 2. The van der Waals surface area contributed by atoms with Crippen LogP contribution in [0.5, 0.6) is 0 Å². The molecule has 1 aromatic heterocycles. The van der Waals surface area contributed by atoms with E-state index in [0.717, 1.165) is 11.3 Å². The summed E-state index contributed by atoms with van der Waals surface area (Å²) in [6.45, 7) is 1.20. The number of rotatable bonds is 5. The number of carbonyl (C=O) groups is 2. The van der Waals surface area contributed by atoms with E-state index in [9.17, 15) is 14.4 Å². The second-order valence-corrected chi connectivity index (χ2v) is 8.76. The number of benzene rings is 3. The van der Waals surface area contributed by atoms with Crippen LogP contribution >= 0.6 is 0 Å². The maximum Gasteiger partial charge on any atom is 0.274 e. The van der Waals surface area contributed by atoms with Crippen LogP contribution in [0.2, 0.25) is 0 Å². The molecule has 3 aromatic carbocycles. The van der Waals surface area contributed by atoms with Crippen LogP contribution in [0.15, 0.2) is 89.7 Å². The molecular formula is C28H26N4O3. The van der Waals surface area contributed by atoms with Crippen LogP contribution in [0.25, 0.3) is 10.8 Å². The van der Waals surface area contributed by atoms with Gasteiger partial charge in [-0.3, -0.25) is 14.4 Å². The van der Waals surface area contributed by atoms with Gasteiger partial charge in [0.25, 0.3) is 11.5 Å². The van der Waals surface area contributed by atoms with E-state index < -0.39 is 0 Å². The van der Waals surface area contributed by atoms with E-state index in [4.69, 9.17) is 0 Å².